The van der Waals surface area contributed by atoms with Gasteiger partial charge in [0.2, 0.25) is 5.91 Å². The number of amides is 3. The van der Waals surface area contributed by atoms with Crippen LogP contribution in [0.5, 0.6) is 0 Å². The molecule has 35 heavy (non-hydrogen) atoms. The van der Waals surface area contributed by atoms with Crippen LogP contribution in [-0.2, 0) is 11.2 Å². The van der Waals surface area contributed by atoms with Gasteiger partial charge in [-0.2, -0.15) is 0 Å². The fraction of sp³-hybridized carbons (Fsp3) is 0.0769. The summed E-state index contributed by atoms with van der Waals surface area (Å²) in [6, 6.07) is 20.5. The maximum absolute atomic E-state index is 13.2. The van der Waals surface area contributed by atoms with E-state index in [1.54, 1.807) is 17.7 Å². The number of benzene rings is 3. The number of carbonyl (C=O) groups excluding carboxylic acids is 3. The van der Waals surface area contributed by atoms with Gasteiger partial charge in [0.25, 0.3) is 11.8 Å². The second kappa shape index (κ2) is 10.9. The maximum Gasteiger partial charge on any atom is 0.274 e. The lowest BCUT2D eigenvalue weighted by Crippen LogP contribution is -2.45. The Morgan fingerprint density at radius 1 is 0.857 bits per heavy atom. The molecule has 4 N–H and O–H groups in total. The number of anilines is 1. The van der Waals surface area contributed by atoms with E-state index in [0.29, 0.717) is 15.7 Å². The normalized spacial score (nSPS) is 11.5. The van der Waals surface area contributed by atoms with Gasteiger partial charge in [-0.1, -0.05) is 42.5 Å². The summed E-state index contributed by atoms with van der Waals surface area (Å²) in [5, 5.41) is 16.5. The number of rotatable bonds is 7. The number of hydroxylamine groups is 1. The molecule has 3 aromatic carbocycles. The van der Waals surface area contributed by atoms with Crippen LogP contribution in [-0.4, -0.2) is 34.0 Å². The Kier molecular flexibility index (Phi) is 7.49. The second-order valence-electron chi connectivity index (χ2n) is 7.81. The van der Waals surface area contributed by atoms with Crippen LogP contribution in [0.15, 0.2) is 89.7 Å². The van der Waals surface area contributed by atoms with Crippen molar-refractivity contribution in [3.8, 4) is 0 Å². The van der Waals surface area contributed by atoms with E-state index in [1.165, 1.54) is 30.5 Å². The SMILES string of the molecule is O=C(NO)c1ccc(NC(=O)[C@@H](Cc2ccc3ccccc3c2)NC(=O)c2cncc(Br)c2)cc1. The average Bonchev–Trinajstić information content (AvgIpc) is 2.88. The van der Waals surface area contributed by atoms with Crippen molar-refractivity contribution in [1.82, 2.24) is 15.8 Å². The summed E-state index contributed by atoms with van der Waals surface area (Å²) >= 11 is 3.30. The van der Waals surface area contributed by atoms with Gasteiger partial charge in [-0.15, -0.1) is 0 Å². The summed E-state index contributed by atoms with van der Waals surface area (Å²) < 4.78 is 0.646. The molecule has 176 valence electrons. The van der Waals surface area contributed by atoms with Crippen molar-refractivity contribution in [1.29, 1.82) is 0 Å². The number of nitrogens with one attached hydrogen (secondary N) is 3. The zero-order valence-corrected chi connectivity index (χ0v) is 20.0. The molecule has 4 aromatic rings. The molecule has 0 spiro atoms. The number of fused-ring (bicyclic) bond motifs is 1. The Morgan fingerprint density at radius 3 is 2.31 bits per heavy atom. The standard InChI is InChI=1S/C26H21BrN4O4/c27-21-13-20(14-28-15-21)24(32)30-23(12-16-5-6-17-3-1-2-4-19(17)11-16)26(34)29-22-9-7-18(8-10-22)25(33)31-35/h1-11,13-15,23,35H,12H2,(H,29,34)(H,30,32)(H,31,33)/t23-/m1/s1. The van der Waals surface area contributed by atoms with Crippen LogP contribution in [0.25, 0.3) is 10.8 Å². The first-order valence-electron chi connectivity index (χ1n) is 10.7. The molecule has 0 radical (unpaired) electrons. The number of aromatic nitrogens is 1. The lowest BCUT2D eigenvalue weighted by atomic mass is 10.0. The van der Waals surface area contributed by atoms with Crippen molar-refractivity contribution < 1.29 is 19.6 Å². The minimum atomic E-state index is -0.886. The number of pyridine rings is 1. The molecule has 8 nitrogen and oxygen atoms in total. The first-order chi connectivity index (χ1) is 16.9. The van der Waals surface area contributed by atoms with Gasteiger partial charge in [-0.25, -0.2) is 5.48 Å². The highest BCUT2D eigenvalue weighted by Crippen LogP contribution is 2.18. The zero-order chi connectivity index (χ0) is 24.8. The topological polar surface area (TPSA) is 120 Å². The fourth-order valence-electron chi connectivity index (χ4n) is 3.59. The van der Waals surface area contributed by atoms with Gasteiger partial charge in [-0.05, 0) is 62.6 Å². The number of carbonyl (C=O) groups is 3. The van der Waals surface area contributed by atoms with Gasteiger partial charge in [0, 0.05) is 34.5 Å². The van der Waals surface area contributed by atoms with E-state index in [4.69, 9.17) is 5.21 Å². The molecule has 4 rings (SSSR count). The van der Waals surface area contributed by atoms with Crippen LogP contribution < -0.4 is 16.1 Å². The molecule has 0 aliphatic heterocycles. The van der Waals surface area contributed by atoms with Crippen LogP contribution in [0, 0.1) is 0 Å². The van der Waals surface area contributed by atoms with Crippen LogP contribution in [0.3, 0.4) is 0 Å². The lowest BCUT2D eigenvalue weighted by molar-refractivity contribution is -0.118. The van der Waals surface area contributed by atoms with Crippen LogP contribution in [0.2, 0.25) is 0 Å². The smallest absolute Gasteiger partial charge is 0.274 e. The summed E-state index contributed by atoms with van der Waals surface area (Å²) in [7, 11) is 0. The van der Waals surface area contributed by atoms with E-state index in [1.807, 2.05) is 42.5 Å². The van der Waals surface area contributed by atoms with Gasteiger partial charge in [0.05, 0.1) is 5.56 Å². The van der Waals surface area contributed by atoms with Gasteiger partial charge < -0.3 is 10.6 Å². The van der Waals surface area contributed by atoms with Crippen molar-refractivity contribution in [3.63, 3.8) is 0 Å². The minimum absolute atomic E-state index is 0.230. The van der Waals surface area contributed by atoms with E-state index < -0.39 is 23.8 Å². The fourth-order valence-corrected chi connectivity index (χ4v) is 3.95. The average molecular weight is 533 g/mol. The quantitative estimate of drug-likeness (QED) is 0.211. The van der Waals surface area contributed by atoms with E-state index >= 15 is 0 Å². The third-order valence-electron chi connectivity index (χ3n) is 5.36. The largest absolute Gasteiger partial charge is 0.340 e. The molecule has 1 aromatic heterocycles. The number of hydrogen-bond donors (Lipinski definition) is 4. The molecule has 0 saturated carbocycles. The molecule has 9 heteroatoms. The summed E-state index contributed by atoms with van der Waals surface area (Å²) in [5.41, 5.74) is 3.42. The highest BCUT2D eigenvalue weighted by molar-refractivity contribution is 9.10. The van der Waals surface area contributed by atoms with Gasteiger partial charge >= 0.3 is 0 Å². The van der Waals surface area contributed by atoms with Gasteiger partial charge in [-0.3, -0.25) is 24.6 Å². The predicted octanol–water partition coefficient (Wildman–Crippen LogP) is 4.10. The van der Waals surface area contributed by atoms with Crippen molar-refractivity contribution in [2.75, 3.05) is 5.32 Å². The highest BCUT2D eigenvalue weighted by Gasteiger charge is 2.23. The van der Waals surface area contributed by atoms with Crippen LogP contribution in [0.1, 0.15) is 26.3 Å². The first-order valence-corrected chi connectivity index (χ1v) is 11.5. The molecular weight excluding hydrogens is 512 g/mol. The molecule has 0 unspecified atom stereocenters. The number of halogens is 1. The third kappa shape index (κ3) is 6.08. The Labute approximate surface area is 209 Å². The Balaban J connectivity index is 1.57. The van der Waals surface area contributed by atoms with E-state index in [-0.39, 0.29) is 12.0 Å². The molecule has 0 aliphatic carbocycles. The van der Waals surface area contributed by atoms with Gasteiger partial charge in [0.1, 0.15) is 6.04 Å². The molecule has 0 saturated heterocycles. The molecular formula is C26H21BrN4O4. The zero-order valence-electron chi connectivity index (χ0n) is 18.4. The van der Waals surface area contributed by atoms with Crippen molar-refractivity contribution in [3.05, 3.63) is 106 Å². The molecule has 0 fully saturated rings. The van der Waals surface area contributed by atoms with Crippen molar-refractivity contribution >= 4 is 50.1 Å². The lowest BCUT2D eigenvalue weighted by Gasteiger charge is -2.19. The van der Waals surface area contributed by atoms with Crippen LogP contribution in [0.4, 0.5) is 5.69 Å². The minimum Gasteiger partial charge on any atom is -0.340 e. The number of hydrogen-bond acceptors (Lipinski definition) is 5. The summed E-state index contributed by atoms with van der Waals surface area (Å²) in [6.45, 7) is 0. The third-order valence-corrected chi connectivity index (χ3v) is 5.79. The Hall–Kier alpha value is -4.08. The highest BCUT2D eigenvalue weighted by atomic mass is 79.9. The van der Waals surface area contributed by atoms with Crippen molar-refractivity contribution in [2.24, 2.45) is 0 Å². The predicted molar refractivity (Wildman–Crippen MR) is 135 cm³/mol. The Morgan fingerprint density at radius 2 is 1.60 bits per heavy atom. The molecule has 1 heterocycles. The van der Waals surface area contributed by atoms with E-state index in [0.717, 1.165) is 16.3 Å². The molecule has 0 bridgehead atoms. The molecule has 0 aliphatic rings. The van der Waals surface area contributed by atoms with E-state index in [2.05, 4.69) is 31.5 Å². The monoisotopic (exact) mass is 532 g/mol. The Bertz CT molecular complexity index is 1390. The first kappa shape index (κ1) is 24.1. The molecule has 3 amide bonds. The second-order valence-corrected chi connectivity index (χ2v) is 8.73. The molecule has 1 atom stereocenters. The summed E-state index contributed by atoms with van der Waals surface area (Å²) in [4.78, 5) is 41.7. The van der Waals surface area contributed by atoms with Crippen LogP contribution >= 0.6 is 15.9 Å². The van der Waals surface area contributed by atoms with Crippen molar-refractivity contribution in [2.45, 2.75) is 12.5 Å². The summed E-state index contributed by atoms with van der Waals surface area (Å²) in [5.74, 6) is -1.52. The maximum atomic E-state index is 13.2. The van der Waals surface area contributed by atoms with Gasteiger partial charge in [0.15, 0.2) is 0 Å². The number of nitrogens with zero attached hydrogens (tertiary/aromatic N) is 1. The summed E-state index contributed by atoms with van der Waals surface area (Å²) in [6.07, 6.45) is 3.25. The van der Waals surface area contributed by atoms with E-state index in [9.17, 15) is 14.4 Å².